The first-order valence-electron chi connectivity index (χ1n) is 12.3. The van der Waals surface area contributed by atoms with Crippen molar-refractivity contribution in [2.45, 2.75) is 18.4 Å². The third-order valence-corrected chi connectivity index (χ3v) is 7.02. The number of carboxylic acid groups (broad SMARTS) is 1. The molecular weight excluding hydrogens is 480 g/mol. The number of rotatable bonds is 7. The number of hydrogen-bond donors (Lipinski definition) is 3. The first-order valence-corrected chi connectivity index (χ1v) is 12.3. The number of amides is 1. The van der Waals surface area contributed by atoms with Crippen molar-refractivity contribution in [1.82, 2.24) is 20.3 Å². The number of aromatic nitrogens is 3. The van der Waals surface area contributed by atoms with Crippen LogP contribution in [0.3, 0.4) is 0 Å². The van der Waals surface area contributed by atoms with Crippen LogP contribution in [-0.4, -0.2) is 44.8 Å². The van der Waals surface area contributed by atoms with Gasteiger partial charge in [-0.3, -0.25) is 0 Å². The fraction of sp³-hybridized carbons (Fsp3) is 0.133. The Morgan fingerprint density at radius 3 is 2.32 bits per heavy atom. The molecule has 2 aromatic heterocycles. The lowest BCUT2D eigenvalue weighted by molar-refractivity contribution is -0.139. The molecule has 0 spiro atoms. The van der Waals surface area contributed by atoms with Crippen LogP contribution in [0, 0.1) is 0 Å². The maximum atomic E-state index is 12.7. The van der Waals surface area contributed by atoms with Crippen molar-refractivity contribution >= 4 is 23.0 Å². The smallest absolute Gasteiger partial charge is 0.407 e. The van der Waals surface area contributed by atoms with Gasteiger partial charge in [0.15, 0.2) is 0 Å². The minimum absolute atomic E-state index is 0.103. The molecule has 6 rings (SSSR count). The number of hydrogen-bond acceptors (Lipinski definition) is 5. The maximum absolute atomic E-state index is 12.7. The number of H-pyrrole nitrogens is 1. The highest BCUT2D eigenvalue weighted by Gasteiger charge is 2.30. The van der Waals surface area contributed by atoms with Crippen molar-refractivity contribution in [3.8, 4) is 22.3 Å². The van der Waals surface area contributed by atoms with Crippen molar-refractivity contribution in [2.24, 2.45) is 0 Å². The zero-order valence-corrected chi connectivity index (χ0v) is 20.3. The molecule has 2 heterocycles. The summed E-state index contributed by atoms with van der Waals surface area (Å²) in [5, 5.41) is 13.2. The van der Waals surface area contributed by atoms with Crippen LogP contribution in [-0.2, 0) is 16.0 Å². The number of carbonyl (C=O) groups is 2. The van der Waals surface area contributed by atoms with Crippen LogP contribution in [0.25, 0.3) is 33.2 Å². The van der Waals surface area contributed by atoms with Gasteiger partial charge >= 0.3 is 12.1 Å². The molecule has 5 aromatic rings. The van der Waals surface area contributed by atoms with Crippen LogP contribution in [0.5, 0.6) is 0 Å². The third-order valence-electron chi connectivity index (χ3n) is 7.02. The fourth-order valence-corrected chi connectivity index (χ4v) is 5.19. The largest absolute Gasteiger partial charge is 0.480 e. The summed E-state index contributed by atoms with van der Waals surface area (Å²) in [6, 6.07) is 20.8. The van der Waals surface area contributed by atoms with E-state index in [4.69, 9.17) is 4.74 Å². The minimum Gasteiger partial charge on any atom is -0.480 e. The van der Waals surface area contributed by atoms with Gasteiger partial charge in [-0.2, -0.15) is 0 Å². The van der Waals surface area contributed by atoms with Gasteiger partial charge in [0.05, 0.1) is 0 Å². The molecule has 1 unspecified atom stereocenters. The van der Waals surface area contributed by atoms with Crippen LogP contribution >= 0.6 is 0 Å². The number of carboxylic acids is 1. The molecule has 1 aliphatic carbocycles. The van der Waals surface area contributed by atoms with Gasteiger partial charge in [-0.15, -0.1) is 0 Å². The summed E-state index contributed by atoms with van der Waals surface area (Å²) in [7, 11) is 0. The molecule has 0 saturated carbocycles. The van der Waals surface area contributed by atoms with E-state index in [-0.39, 0.29) is 18.9 Å². The van der Waals surface area contributed by atoms with Gasteiger partial charge in [0.1, 0.15) is 19.0 Å². The van der Waals surface area contributed by atoms with Gasteiger partial charge in [0, 0.05) is 47.4 Å². The Hall–Kier alpha value is -4.98. The number of aromatic amines is 1. The molecule has 0 bridgehead atoms. The first kappa shape index (κ1) is 23.4. The predicted octanol–water partition coefficient (Wildman–Crippen LogP) is 5.16. The highest BCUT2D eigenvalue weighted by Crippen LogP contribution is 2.44. The summed E-state index contributed by atoms with van der Waals surface area (Å²) in [4.78, 5) is 36.1. The molecule has 1 atom stereocenters. The Labute approximate surface area is 218 Å². The maximum Gasteiger partial charge on any atom is 0.407 e. The van der Waals surface area contributed by atoms with Gasteiger partial charge in [-0.05, 0) is 39.4 Å². The molecule has 0 radical (unpaired) electrons. The van der Waals surface area contributed by atoms with Crippen LogP contribution in [0.2, 0.25) is 0 Å². The highest BCUT2D eigenvalue weighted by molar-refractivity contribution is 5.89. The van der Waals surface area contributed by atoms with Gasteiger partial charge in [0.2, 0.25) is 0 Å². The Morgan fingerprint density at radius 2 is 1.63 bits per heavy atom. The molecule has 3 aromatic carbocycles. The number of nitrogens with one attached hydrogen (secondary N) is 2. The number of nitrogens with zero attached hydrogens (tertiary/aromatic N) is 2. The Morgan fingerprint density at radius 1 is 0.947 bits per heavy atom. The first-order chi connectivity index (χ1) is 18.6. The van der Waals surface area contributed by atoms with Crippen molar-refractivity contribution in [3.63, 3.8) is 0 Å². The molecule has 38 heavy (non-hydrogen) atoms. The monoisotopic (exact) mass is 504 g/mol. The van der Waals surface area contributed by atoms with Gasteiger partial charge in [-0.25, -0.2) is 19.6 Å². The van der Waals surface area contributed by atoms with Crippen molar-refractivity contribution in [3.05, 3.63) is 108 Å². The minimum atomic E-state index is -1.15. The lowest BCUT2D eigenvalue weighted by atomic mass is 9.98. The molecule has 1 aliphatic rings. The van der Waals surface area contributed by atoms with E-state index in [9.17, 15) is 14.7 Å². The molecule has 8 heteroatoms. The quantitative estimate of drug-likeness (QED) is 0.282. The summed E-state index contributed by atoms with van der Waals surface area (Å²) in [6.45, 7) is 0.116. The van der Waals surface area contributed by atoms with Gasteiger partial charge < -0.3 is 20.1 Å². The van der Waals surface area contributed by atoms with E-state index >= 15 is 0 Å². The Kier molecular flexibility index (Phi) is 6.05. The van der Waals surface area contributed by atoms with Gasteiger partial charge in [0.25, 0.3) is 0 Å². The average molecular weight is 505 g/mol. The molecule has 3 N–H and O–H groups in total. The van der Waals surface area contributed by atoms with E-state index < -0.39 is 18.1 Å². The number of benzene rings is 3. The van der Waals surface area contributed by atoms with Crippen molar-refractivity contribution < 1.29 is 19.4 Å². The highest BCUT2D eigenvalue weighted by atomic mass is 16.5. The topological polar surface area (TPSA) is 117 Å². The molecule has 0 fully saturated rings. The van der Waals surface area contributed by atoms with Crippen LogP contribution in [0.15, 0.2) is 91.6 Å². The summed E-state index contributed by atoms with van der Waals surface area (Å²) in [5.74, 6) is -1.24. The molecule has 0 aliphatic heterocycles. The van der Waals surface area contributed by atoms with Crippen LogP contribution in [0.1, 0.15) is 22.6 Å². The zero-order chi connectivity index (χ0) is 26.1. The standard InChI is InChI=1S/C30H24N4O4/c35-29(36)28(12-19-15-33-27-11-18(9-10-21(19)27)20-13-31-17-32-14-20)34-30(37)38-16-26-24-7-3-1-5-22(24)23-6-2-4-8-25(23)26/h1-11,13-15,17,26,28,33H,12,16H2,(H,34,37)(H,35,36). The van der Waals surface area contributed by atoms with E-state index in [1.165, 1.54) is 6.33 Å². The van der Waals surface area contributed by atoms with Crippen LogP contribution in [0.4, 0.5) is 4.79 Å². The predicted molar refractivity (Wildman–Crippen MR) is 143 cm³/mol. The zero-order valence-electron chi connectivity index (χ0n) is 20.3. The molecule has 188 valence electrons. The number of fused-ring (bicyclic) bond motifs is 4. The lowest BCUT2D eigenvalue weighted by Gasteiger charge is -2.17. The van der Waals surface area contributed by atoms with E-state index in [0.717, 1.165) is 49.8 Å². The van der Waals surface area contributed by atoms with E-state index in [0.29, 0.717) is 0 Å². The van der Waals surface area contributed by atoms with E-state index in [1.807, 2.05) is 54.6 Å². The van der Waals surface area contributed by atoms with Crippen molar-refractivity contribution in [1.29, 1.82) is 0 Å². The SMILES string of the molecule is O=C(NC(Cc1c[nH]c2cc(-c3cncnc3)ccc12)C(=O)O)OCC1c2ccccc2-c2ccccc21. The second kappa shape index (κ2) is 9.82. The second-order valence-electron chi connectivity index (χ2n) is 9.27. The third kappa shape index (κ3) is 4.37. The molecule has 0 saturated heterocycles. The molecule has 8 nitrogen and oxygen atoms in total. The van der Waals surface area contributed by atoms with Gasteiger partial charge in [-0.1, -0.05) is 60.7 Å². The van der Waals surface area contributed by atoms with Crippen LogP contribution < -0.4 is 5.32 Å². The Balaban J connectivity index is 1.15. The molecule has 1 amide bonds. The normalized spacial score (nSPS) is 13.1. The summed E-state index contributed by atoms with van der Waals surface area (Å²) in [5.41, 5.74) is 7.90. The average Bonchev–Trinajstić information content (AvgIpc) is 3.50. The summed E-state index contributed by atoms with van der Waals surface area (Å²) < 4.78 is 5.56. The molecular formula is C30H24N4O4. The summed E-state index contributed by atoms with van der Waals surface area (Å²) >= 11 is 0. The number of alkyl carbamates (subject to hydrolysis) is 1. The summed E-state index contributed by atoms with van der Waals surface area (Å²) in [6.07, 6.45) is 6.06. The number of ether oxygens (including phenoxy) is 1. The number of aliphatic carboxylic acids is 1. The lowest BCUT2D eigenvalue weighted by Crippen LogP contribution is -2.42. The number of carbonyl (C=O) groups excluding carboxylic acids is 1. The second-order valence-corrected chi connectivity index (χ2v) is 9.27. The van der Waals surface area contributed by atoms with E-state index in [2.05, 4.69) is 32.4 Å². The Bertz CT molecular complexity index is 1600. The van der Waals surface area contributed by atoms with Crippen molar-refractivity contribution in [2.75, 3.05) is 6.61 Å². The van der Waals surface area contributed by atoms with E-state index in [1.54, 1.807) is 18.6 Å². The fourth-order valence-electron chi connectivity index (χ4n) is 5.19.